The predicted molar refractivity (Wildman–Crippen MR) is 55.4 cm³/mol. The Morgan fingerprint density at radius 2 is 2.07 bits per heavy atom. The first-order chi connectivity index (χ1) is 7.00. The molecule has 0 bridgehead atoms. The van der Waals surface area contributed by atoms with Crippen LogP contribution in [-0.4, -0.2) is 4.57 Å². The maximum absolute atomic E-state index is 13.2. The van der Waals surface area contributed by atoms with Crippen LogP contribution in [0.4, 0.5) is 4.39 Å². The van der Waals surface area contributed by atoms with Crippen molar-refractivity contribution in [1.29, 1.82) is 0 Å². The van der Waals surface area contributed by atoms with Crippen LogP contribution in [0.3, 0.4) is 0 Å². The SMILES string of the molecule is Cn1c(=O)oc(=O)c2cc(Br)c(F)cc21. The van der Waals surface area contributed by atoms with Gasteiger partial charge in [0.1, 0.15) is 5.82 Å². The standard InChI is InChI=1S/C9H5BrFNO3/c1-12-7-3-6(11)5(10)2-4(7)8(13)15-9(12)14/h2-3H,1H3. The molecule has 0 spiro atoms. The number of aryl methyl sites for hydroxylation is 1. The third-order valence-electron chi connectivity index (χ3n) is 2.07. The second kappa shape index (κ2) is 3.30. The van der Waals surface area contributed by atoms with Crippen molar-refractivity contribution in [2.24, 2.45) is 7.05 Å². The van der Waals surface area contributed by atoms with Crippen LogP contribution in [0.25, 0.3) is 10.9 Å². The van der Waals surface area contributed by atoms with Gasteiger partial charge in [0.05, 0.1) is 15.4 Å². The van der Waals surface area contributed by atoms with E-state index in [2.05, 4.69) is 20.3 Å². The number of halogens is 2. The van der Waals surface area contributed by atoms with Gasteiger partial charge in [-0.25, -0.2) is 14.0 Å². The minimum atomic E-state index is -0.811. The quantitative estimate of drug-likeness (QED) is 0.729. The van der Waals surface area contributed by atoms with Gasteiger partial charge in [0, 0.05) is 7.05 Å². The Morgan fingerprint density at radius 1 is 1.40 bits per heavy atom. The van der Waals surface area contributed by atoms with Gasteiger partial charge < -0.3 is 4.42 Å². The van der Waals surface area contributed by atoms with Crippen molar-refractivity contribution in [3.63, 3.8) is 0 Å². The van der Waals surface area contributed by atoms with E-state index in [0.29, 0.717) is 0 Å². The summed E-state index contributed by atoms with van der Waals surface area (Å²) < 4.78 is 18.9. The fourth-order valence-corrected chi connectivity index (χ4v) is 1.62. The number of hydrogen-bond acceptors (Lipinski definition) is 3. The summed E-state index contributed by atoms with van der Waals surface area (Å²) in [4.78, 5) is 22.4. The van der Waals surface area contributed by atoms with Gasteiger partial charge in [0.15, 0.2) is 0 Å². The largest absolute Gasteiger partial charge is 0.422 e. The molecule has 78 valence electrons. The smallest absolute Gasteiger partial charge is 0.372 e. The van der Waals surface area contributed by atoms with Gasteiger partial charge in [-0.2, -0.15) is 0 Å². The average Bonchev–Trinajstić information content (AvgIpc) is 2.18. The molecule has 2 rings (SSSR count). The van der Waals surface area contributed by atoms with E-state index >= 15 is 0 Å². The molecule has 0 amide bonds. The maximum atomic E-state index is 13.2. The molecule has 0 atom stereocenters. The zero-order chi connectivity index (χ0) is 11.2. The molecule has 1 aromatic carbocycles. The molecule has 2 aromatic rings. The van der Waals surface area contributed by atoms with Gasteiger partial charge in [-0.3, -0.25) is 4.57 Å². The zero-order valence-corrected chi connectivity index (χ0v) is 9.17. The molecular formula is C9H5BrFNO3. The van der Waals surface area contributed by atoms with Crippen LogP contribution in [0.2, 0.25) is 0 Å². The van der Waals surface area contributed by atoms with Crippen LogP contribution in [0, 0.1) is 5.82 Å². The van der Waals surface area contributed by atoms with E-state index < -0.39 is 17.2 Å². The molecular weight excluding hydrogens is 269 g/mol. The van der Waals surface area contributed by atoms with Crippen molar-refractivity contribution < 1.29 is 8.81 Å². The predicted octanol–water partition coefficient (Wildman–Crippen LogP) is 1.39. The highest BCUT2D eigenvalue weighted by Gasteiger charge is 2.10. The summed E-state index contributed by atoms with van der Waals surface area (Å²) in [5.74, 6) is -1.35. The van der Waals surface area contributed by atoms with Crippen molar-refractivity contribution in [2.75, 3.05) is 0 Å². The second-order valence-electron chi connectivity index (χ2n) is 3.00. The van der Waals surface area contributed by atoms with Gasteiger partial charge in [-0.05, 0) is 28.1 Å². The zero-order valence-electron chi connectivity index (χ0n) is 7.58. The Bertz CT molecular complexity index is 659. The summed E-state index contributed by atoms with van der Waals surface area (Å²) in [6.07, 6.45) is 0. The summed E-state index contributed by atoms with van der Waals surface area (Å²) >= 11 is 2.95. The first-order valence-electron chi connectivity index (χ1n) is 3.99. The lowest BCUT2D eigenvalue weighted by Crippen LogP contribution is -2.22. The molecule has 0 N–H and O–H groups in total. The normalized spacial score (nSPS) is 10.9. The molecule has 0 saturated heterocycles. The minimum absolute atomic E-state index is 0.154. The Balaban J connectivity index is 3.11. The van der Waals surface area contributed by atoms with Gasteiger partial charge in [-0.15, -0.1) is 0 Å². The van der Waals surface area contributed by atoms with Crippen molar-refractivity contribution in [3.05, 3.63) is 43.4 Å². The van der Waals surface area contributed by atoms with Crippen LogP contribution < -0.4 is 11.4 Å². The molecule has 1 heterocycles. The molecule has 4 nitrogen and oxygen atoms in total. The molecule has 0 aliphatic carbocycles. The summed E-state index contributed by atoms with van der Waals surface area (Å²) in [6.45, 7) is 0. The van der Waals surface area contributed by atoms with Gasteiger partial charge in [-0.1, -0.05) is 0 Å². The molecule has 0 unspecified atom stereocenters. The Hall–Kier alpha value is -1.43. The van der Waals surface area contributed by atoms with Crippen LogP contribution >= 0.6 is 15.9 Å². The average molecular weight is 274 g/mol. The number of benzene rings is 1. The van der Waals surface area contributed by atoms with Crippen molar-refractivity contribution in [3.8, 4) is 0 Å². The summed E-state index contributed by atoms with van der Waals surface area (Å²) in [7, 11) is 1.40. The molecule has 0 aliphatic rings. The van der Waals surface area contributed by atoms with Crippen molar-refractivity contribution in [1.82, 2.24) is 4.57 Å². The summed E-state index contributed by atoms with van der Waals surface area (Å²) in [5, 5.41) is 0.158. The number of hydrogen-bond donors (Lipinski definition) is 0. The first-order valence-corrected chi connectivity index (χ1v) is 4.79. The van der Waals surface area contributed by atoms with Gasteiger partial charge in [0.2, 0.25) is 0 Å². The molecule has 6 heteroatoms. The van der Waals surface area contributed by atoms with E-state index in [-0.39, 0.29) is 15.4 Å². The third kappa shape index (κ3) is 1.50. The fourth-order valence-electron chi connectivity index (χ4n) is 1.28. The van der Waals surface area contributed by atoms with Crippen LogP contribution in [0.15, 0.2) is 30.6 Å². The molecule has 0 fully saturated rings. The Kier molecular flexibility index (Phi) is 2.22. The molecule has 1 aromatic heterocycles. The number of fused-ring (bicyclic) bond motifs is 1. The highest BCUT2D eigenvalue weighted by atomic mass is 79.9. The maximum Gasteiger partial charge on any atom is 0.422 e. The van der Waals surface area contributed by atoms with Crippen LogP contribution in [0.5, 0.6) is 0 Å². The van der Waals surface area contributed by atoms with E-state index in [9.17, 15) is 14.0 Å². The molecule has 0 saturated carbocycles. The molecule has 15 heavy (non-hydrogen) atoms. The second-order valence-corrected chi connectivity index (χ2v) is 3.85. The van der Waals surface area contributed by atoms with E-state index in [1.807, 2.05) is 0 Å². The van der Waals surface area contributed by atoms with Gasteiger partial charge >= 0.3 is 11.4 Å². The topological polar surface area (TPSA) is 52.2 Å². The van der Waals surface area contributed by atoms with Crippen molar-refractivity contribution in [2.45, 2.75) is 0 Å². The van der Waals surface area contributed by atoms with E-state index in [1.54, 1.807) is 0 Å². The minimum Gasteiger partial charge on any atom is -0.372 e. The Labute approximate surface area is 91.1 Å². The number of rotatable bonds is 0. The monoisotopic (exact) mass is 273 g/mol. The van der Waals surface area contributed by atoms with E-state index in [0.717, 1.165) is 10.6 Å². The summed E-state index contributed by atoms with van der Waals surface area (Å²) in [5.41, 5.74) is -0.564. The van der Waals surface area contributed by atoms with Gasteiger partial charge in [0.25, 0.3) is 0 Å². The molecule has 0 aliphatic heterocycles. The lowest BCUT2D eigenvalue weighted by molar-refractivity contribution is 0.432. The lowest BCUT2D eigenvalue weighted by atomic mass is 10.2. The third-order valence-corrected chi connectivity index (χ3v) is 2.68. The van der Waals surface area contributed by atoms with E-state index in [4.69, 9.17) is 0 Å². The van der Waals surface area contributed by atoms with Crippen LogP contribution in [-0.2, 0) is 7.05 Å². The highest BCUT2D eigenvalue weighted by molar-refractivity contribution is 9.10. The van der Waals surface area contributed by atoms with E-state index in [1.165, 1.54) is 13.1 Å². The molecule has 0 radical (unpaired) electrons. The highest BCUT2D eigenvalue weighted by Crippen LogP contribution is 2.19. The Morgan fingerprint density at radius 3 is 2.73 bits per heavy atom. The number of nitrogens with zero attached hydrogens (tertiary/aromatic N) is 1. The summed E-state index contributed by atoms with van der Waals surface area (Å²) in [6, 6.07) is 2.40. The first kappa shape index (κ1) is 10.1. The number of aromatic nitrogens is 1. The van der Waals surface area contributed by atoms with Crippen molar-refractivity contribution >= 4 is 26.8 Å². The lowest BCUT2D eigenvalue weighted by Gasteiger charge is -2.02. The fraction of sp³-hybridized carbons (Fsp3) is 0.111. The van der Waals surface area contributed by atoms with Crippen LogP contribution in [0.1, 0.15) is 0 Å².